The number of halogens is 1. The molecule has 0 aliphatic rings. The minimum Gasteiger partial charge on any atom is -0.496 e. The Labute approximate surface area is 120 Å². The van der Waals surface area contributed by atoms with Gasteiger partial charge in [-0.25, -0.2) is 4.98 Å². The number of hydrogen-bond acceptors (Lipinski definition) is 5. The number of nitro benzene ring substituents is 1. The summed E-state index contributed by atoms with van der Waals surface area (Å²) in [4.78, 5) is 14.2. The second-order valence-electron chi connectivity index (χ2n) is 3.88. The average Bonchev–Trinajstić information content (AvgIpc) is 2.46. The number of nitrogens with zero attached hydrogens (tertiary/aromatic N) is 2. The van der Waals surface area contributed by atoms with E-state index in [0.29, 0.717) is 17.1 Å². The van der Waals surface area contributed by atoms with Crippen LogP contribution in [0.2, 0.25) is 5.15 Å². The molecule has 0 saturated carbocycles. The molecule has 1 aromatic heterocycles. The first-order valence-electron chi connectivity index (χ1n) is 5.66. The monoisotopic (exact) mass is 294 g/mol. The zero-order chi connectivity index (χ0) is 14.5. The van der Waals surface area contributed by atoms with Crippen molar-refractivity contribution in [2.24, 2.45) is 0 Å². The summed E-state index contributed by atoms with van der Waals surface area (Å²) in [5.74, 6) is 0.815. The maximum Gasteiger partial charge on any atom is 0.273 e. The van der Waals surface area contributed by atoms with Crippen LogP contribution in [0, 0.1) is 10.1 Å². The number of nitro groups is 1. The number of pyridine rings is 1. The van der Waals surface area contributed by atoms with Gasteiger partial charge in [0.05, 0.1) is 18.1 Å². The molecule has 6 nitrogen and oxygen atoms in total. The van der Waals surface area contributed by atoms with Crippen molar-refractivity contribution >= 4 is 17.3 Å². The molecule has 7 heteroatoms. The van der Waals surface area contributed by atoms with E-state index >= 15 is 0 Å². The number of benzene rings is 1. The van der Waals surface area contributed by atoms with Crippen molar-refractivity contribution in [2.45, 2.75) is 6.61 Å². The lowest BCUT2D eigenvalue weighted by molar-refractivity contribution is -0.385. The van der Waals surface area contributed by atoms with E-state index in [9.17, 15) is 10.1 Å². The molecule has 0 fully saturated rings. The Bertz CT molecular complexity index is 634. The van der Waals surface area contributed by atoms with Gasteiger partial charge in [-0.05, 0) is 23.8 Å². The van der Waals surface area contributed by atoms with Crippen molar-refractivity contribution in [1.82, 2.24) is 4.98 Å². The van der Waals surface area contributed by atoms with Gasteiger partial charge in [-0.1, -0.05) is 11.6 Å². The normalized spacial score (nSPS) is 10.1. The fourth-order valence-corrected chi connectivity index (χ4v) is 1.76. The lowest BCUT2D eigenvalue weighted by Gasteiger charge is -2.08. The van der Waals surface area contributed by atoms with E-state index in [4.69, 9.17) is 21.1 Å². The molecule has 0 atom stereocenters. The standard InChI is InChI=1S/C13H11ClN2O4/c1-19-11-6-9(5-10(7-11)16(17)18)8-20-12-3-2-4-15-13(12)14/h2-7H,8H2,1H3. The first-order valence-corrected chi connectivity index (χ1v) is 6.03. The van der Waals surface area contributed by atoms with Crippen LogP contribution in [-0.2, 0) is 6.61 Å². The Morgan fingerprint density at radius 1 is 1.40 bits per heavy atom. The third-order valence-corrected chi connectivity index (χ3v) is 2.80. The van der Waals surface area contributed by atoms with E-state index in [1.165, 1.54) is 19.2 Å². The molecule has 0 amide bonds. The van der Waals surface area contributed by atoms with Gasteiger partial charge in [0.1, 0.15) is 12.4 Å². The van der Waals surface area contributed by atoms with Crippen molar-refractivity contribution in [3.8, 4) is 11.5 Å². The van der Waals surface area contributed by atoms with Crippen molar-refractivity contribution < 1.29 is 14.4 Å². The first kappa shape index (κ1) is 14.1. The number of ether oxygens (including phenoxy) is 2. The van der Waals surface area contributed by atoms with Crippen LogP contribution in [0.25, 0.3) is 0 Å². The molecule has 0 spiro atoms. The minimum absolute atomic E-state index is 0.0553. The highest BCUT2D eigenvalue weighted by molar-refractivity contribution is 6.30. The first-order chi connectivity index (χ1) is 9.60. The average molecular weight is 295 g/mol. The predicted molar refractivity (Wildman–Crippen MR) is 73.2 cm³/mol. The highest BCUT2D eigenvalue weighted by Gasteiger charge is 2.11. The SMILES string of the molecule is COc1cc(COc2cccnc2Cl)cc([N+](=O)[O-])c1. The molecule has 0 radical (unpaired) electrons. The smallest absolute Gasteiger partial charge is 0.273 e. The van der Waals surface area contributed by atoms with Crippen molar-refractivity contribution in [3.63, 3.8) is 0 Å². The number of methoxy groups -OCH3 is 1. The Morgan fingerprint density at radius 3 is 2.85 bits per heavy atom. The van der Waals surface area contributed by atoms with Gasteiger partial charge in [-0.2, -0.15) is 0 Å². The van der Waals surface area contributed by atoms with Crippen LogP contribution < -0.4 is 9.47 Å². The van der Waals surface area contributed by atoms with Gasteiger partial charge in [0.15, 0.2) is 10.9 Å². The van der Waals surface area contributed by atoms with Crippen LogP contribution in [-0.4, -0.2) is 17.0 Å². The largest absolute Gasteiger partial charge is 0.496 e. The highest BCUT2D eigenvalue weighted by atomic mass is 35.5. The molecule has 0 aliphatic heterocycles. The van der Waals surface area contributed by atoms with Gasteiger partial charge < -0.3 is 9.47 Å². The Morgan fingerprint density at radius 2 is 2.20 bits per heavy atom. The van der Waals surface area contributed by atoms with Crippen LogP contribution in [0.1, 0.15) is 5.56 Å². The summed E-state index contributed by atoms with van der Waals surface area (Å²) in [5, 5.41) is 11.1. The van der Waals surface area contributed by atoms with Gasteiger partial charge in [0, 0.05) is 12.3 Å². The molecule has 20 heavy (non-hydrogen) atoms. The quantitative estimate of drug-likeness (QED) is 0.481. The third kappa shape index (κ3) is 3.36. The second kappa shape index (κ2) is 6.21. The zero-order valence-electron chi connectivity index (χ0n) is 10.6. The Balaban J connectivity index is 2.19. The van der Waals surface area contributed by atoms with Crippen molar-refractivity contribution in [2.75, 3.05) is 7.11 Å². The Hall–Kier alpha value is -2.34. The number of aromatic nitrogens is 1. The van der Waals surface area contributed by atoms with Crippen LogP contribution in [0.5, 0.6) is 11.5 Å². The summed E-state index contributed by atoms with van der Waals surface area (Å²) in [6.45, 7) is 0.128. The van der Waals surface area contributed by atoms with Gasteiger partial charge in [-0.3, -0.25) is 10.1 Å². The zero-order valence-corrected chi connectivity index (χ0v) is 11.3. The van der Waals surface area contributed by atoms with Crippen molar-refractivity contribution in [3.05, 3.63) is 57.4 Å². The van der Waals surface area contributed by atoms with E-state index in [0.717, 1.165) is 0 Å². The summed E-state index contributed by atoms with van der Waals surface area (Å²) in [6.07, 6.45) is 1.55. The maximum atomic E-state index is 10.8. The number of hydrogen-bond donors (Lipinski definition) is 0. The molecule has 0 saturated heterocycles. The fraction of sp³-hybridized carbons (Fsp3) is 0.154. The van der Waals surface area contributed by atoms with Gasteiger partial charge in [-0.15, -0.1) is 0 Å². The van der Waals surface area contributed by atoms with E-state index < -0.39 is 4.92 Å². The molecule has 104 valence electrons. The van der Waals surface area contributed by atoms with Gasteiger partial charge >= 0.3 is 0 Å². The number of non-ortho nitro benzene ring substituents is 1. The van der Waals surface area contributed by atoms with Crippen LogP contribution in [0.4, 0.5) is 5.69 Å². The molecule has 2 rings (SSSR count). The fourth-order valence-electron chi connectivity index (χ4n) is 1.59. The molecule has 0 unspecified atom stereocenters. The third-order valence-electron chi connectivity index (χ3n) is 2.52. The topological polar surface area (TPSA) is 74.5 Å². The van der Waals surface area contributed by atoms with E-state index in [2.05, 4.69) is 4.98 Å². The summed E-state index contributed by atoms with van der Waals surface area (Å²) in [5.41, 5.74) is 0.552. The summed E-state index contributed by atoms with van der Waals surface area (Å²) < 4.78 is 10.5. The molecular weight excluding hydrogens is 284 g/mol. The lowest BCUT2D eigenvalue weighted by atomic mass is 10.2. The highest BCUT2D eigenvalue weighted by Crippen LogP contribution is 2.25. The summed E-state index contributed by atoms with van der Waals surface area (Å²) >= 11 is 5.86. The van der Waals surface area contributed by atoms with Gasteiger partial charge in [0.25, 0.3) is 5.69 Å². The second-order valence-corrected chi connectivity index (χ2v) is 4.24. The molecule has 0 bridgehead atoms. The van der Waals surface area contributed by atoms with E-state index in [-0.39, 0.29) is 17.4 Å². The molecular formula is C13H11ClN2O4. The minimum atomic E-state index is -0.483. The molecule has 1 heterocycles. The van der Waals surface area contributed by atoms with E-state index in [1.807, 2.05) is 0 Å². The van der Waals surface area contributed by atoms with Crippen molar-refractivity contribution in [1.29, 1.82) is 0 Å². The Kier molecular flexibility index (Phi) is 4.37. The van der Waals surface area contributed by atoms with Crippen LogP contribution in [0.15, 0.2) is 36.5 Å². The van der Waals surface area contributed by atoms with E-state index in [1.54, 1.807) is 24.4 Å². The van der Waals surface area contributed by atoms with Crippen LogP contribution >= 0.6 is 11.6 Å². The molecule has 0 N–H and O–H groups in total. The van der Waals surface area contributed by atoms with Gasteiger partial charge in [0.2, 0.25) is 0 Å². The molecule has 1 aromatic carbocycles. The van der Waals surface area contributed by atoms with Crippen LogP contribution in [0.3, 0.4) is 0 Å². The maximum absolute atomic E-state index is 10.8. The predicted octanol–water partition coefficient (Wildman–Crippen LogP) is 3.23. The lowest BCUT2D eigenvalue weighted by Crippen LogP contribution is -1.99. The summed E-state index contributed by atoms with van der Waals surface area (Å²) in [7, 11) is 1.45. The molecule has 2 aromatic rings. The number of rotatable bonds is 5. The molecule has 0 aliphatic carbocycles. The summed E-state index contributed by atoms with van der Waals surface area (Å²) in [6, 6.07) is 7.80.